The molecule has 3 N–H and O–H groups in total. The molecule has 0 atom stereocenters. The lowest BCUT2D eigenvalue weighted by molar-refractivity contribution is 0.0777. The van der Waals surface area contributed by atoms with E-state index < -0.39 is 5.60 Å². The molecule has 0 spiro atoms. The highest BCUT2D eigenvalue weighted by atomic mass is 32.2. The average Bonchev–Trinajstić information content (AvgIpc) is 2.06. The van der Waals surface area contributed by atoms with E-state index in [4.69, 9.17) is 5.73 Å². The lowest BCUT2D eigenvalue weighted by Crippen LogP contribution is -2.19. The van der Waals surface area contributed by atoms with E-state index in [1.54, 1.807) is 18.0 Å². The number of nitrogen functional groups attached to an aromatic ring is 1. The SMILES string of the molecule is CC(C)(O)CCSc1ccc(N)cn1. The summed E-state index contributed by atoms with van der Waals surface area (Å²) in [4.78, 5) is 4.15. The summed E-state index contributed by atoms with van der Waals surface area (Å²) in [5.41, 5.74) is 5.59. The van der Waals surface area contributed by atoms with Crippen LogP contribution in [0.1, 0.15) is 20.3 Å². The summed E-state index contributed by atoms with van der Waals surface area (Å²) < 4.78 is 0. The first-order valence-electron chi connectivity index (χ1n) is 4.54. The minimum absolute atomic E-state index is 0.596. The Morgan fingerprint density at radius 2 is 2.21 bits per heavy atom. The summed E-state index contributed by atoms with van der Waals surface area (Å²) >= 11 is 1.63. The second-order valence-electron chi connectivity index (χ2n) is 3.84. The number of hydrogen-bond acceptors (Lipinski definition) is 4. The van der Waals surface area contributed by atoms with Crippen LogP contribution in [0.3, 0.4) is 0 Å². The molecule has 1 heterocycles. The first kappa shape index (κ1) is 11.3. The molecular weight excluding hydrogens is 196 g/mol. The van der Waals surface area contributed by atoms with Crippen molar-refractivity contribution >= 4 is 17.4 Å². The molecule has 0 radical (unpaired) electrons. The van der Waals surface area contributed by atoms with Crippen molar-refractivity contribution in [3.8, 4) is 0 Å². The fraction of sp³-hybridized carbons (Fsp3) is 0.500. The monoisotopic (exact) mass is 212 g/mol. The van der Waals surface area contributed by atoms with Crippen molar-refractivity contribution < 1.29 is 5.11 Å². The minimum atomic E-state index is -0.596. The largest absolute Gasteiger partial charge is 0.397 e. The van der Waals surface area contributed by atoms with Crippen molar-refractivity contribution in [1.82, 2.24) is 4.98 Å². The molecule has 3 nitrogen and oxygen atoms in total. The van der Waals surface area contributed by atoms with Gasteiger partial charge < -0.3 is 10.8 Å². The highest BCUT2D eigenvalue weighted by molar-refractivity contribution is 7.99. The predicted octanol–water partition coefficient (Wildman–Crippen LogP) is 1.92. The molecule has 1 aromatic rings. The van der Waals surface area contributed by atoms with Gasteiger partial charge in [0.15, 0.2) is 0 Å². The third-order valence-corrected chi connectivity index (χ3v) is 2.67. The standard InChI is InChI=1S/C10H16N2OS/c1-10(2,13)5-6-14-9-4-3-8(11)7-12-9/h3-4,7,13H,5-6,11H2,1-2H3. The molecule has 0 saturated heterocycles. The summed E-state index contributed by atoms with van der Waals surface area (Å²) in [6, 6.07) is 3.73. The lowest BCUT2D eigenvalue weighted by atomic mass is 10.1. The Labute approximate surface area is 88.7 Å². The fourth-order valence-electron chi connectivity index (χ4n) is 0.882. The molecular formula is C10H16N2OS. The fourth-order valence-corrected chi connectivity index (χ4v) is 1.98. The van der Waals surface area contributed by atoms with Crippen molar-refractivity contribution in [2.45, 2.75) is 30.9 Å². The van der Waals surface area contributed by atoms with Gasteiger partial charge in [0.2, 0.25) is 0 Å². The van der Waals surface area contributed by atoms with Gasteiger partial charge >= 0.3 is 0 Å². The molecule has 0 fully saturated rings. The summed E-state index contributed by atoms with van der Waals surface area (Å²) in [6.45, 7) is 3.62. The molecule has 14 heavy (non-hydrogen) atoms. The van der Waals surface area contributed by atoms with Crippen LogP contribution in [0.5, 0.6) is 0 Å². The molecule has 4 heteroatoms. The number of nitrogens with zero attached hydrogens (tertiary/aromatic N) is 1. The first-order chi connectivity index (χ1) is 6.47. The van der Waals surface area contributed by atoms with Gasteiger partial charge in [0.25, 0.3) is 0 Å². The van der Waals surface area contributed by atoms with Gasteiger partial charge in [-0.15, -0.1) is 11.8 Å². The number of aromatic nitrogens is 1. The Bertz CT molecular complexity index is 279. The molecule has 1 aromatic heterocycles. The van der Waals surface area contributed by atoms with E-state index in [1.165, 1.54) is 0 Å². The number of pyridine rings is 1. The number of anilines is 1. The van der Waals surface area contributed by atoms with Crippen molar-refractivity contribution in [3.05, 3.63) is 18.3 Å². The van der Waals surface area contributed by atoms with E-state index in [0.717, 1.165) is 17.2 Å². The highest BCUT2D eigenvalue weighted by Crippen LogP contribution is 2.20. The summed E-state index contributed by atoms with van der Waals surface area (Å²) in [7, 11) is 0. The molecule has 1 rings (SSSR count). The van der Waals surface area contributed by atoms with Gasteiger partial charge in [0, 0.05) is 5.75 Å². The second kappa shape index (κ2) is 4.66. The van der Waals surface area contributed by atoms with Crippen LogP contribution in [0, 0.1) is 0 Å². The van der Waals surface area contributed by atoms with E-state index >= 15 is 0 Å². The Kier molecular flexibility index (Phi) is 3.77. The Hall–Kier alpha value is -0.740. The van der Waals surface area contributed by atoms with Gasteiger partial charge in [0.05, 0.1) is 22.5 Å². The molecule has 0 unspecified atom stereocenters. The van der Waals surface area contributed by atoms with Crippen LogP contribution in [-0.4, -0.2) is 21.4 Å². The Morgan fingerprint density at radius 3 is 2.71 bits per heavy atom. The van der Waals surface area contributed by atoms with Gasteiger partial charge in [-0.1, -0.05) is 0 Å². The van der Waals surface area contributed by atoms with Gasteiger partial charge in [0.1, 0.15) is 0 Å². The topological polar surface area (TPSA) is 59.1 Å². The molecule has 0 bridgehead atoms. The number of rotatable bonds is 4. The van der Waals surface area contributed by atoms with Crippen LogP contribution in [0.2, 0.25) is 0 Å². The van der Waals surface area contributed by atoms with Gasteiger partial charge in [-0.25, -0.2) is 4.98 Å². The number of thioether (sulfide) groups is 1. The lowest BCUT2D eigenvalue weighted by Gasteiger charge is -2.15. The van der Waals surface area contributed by atoms with E-state index in [-0.39, 0.29) is 0 Å². The second-order valence-corrected chi connectivity index (χ2v) is 4.96. The van der Waals surface area contributed by atoms with Crippen LogP contribution >= 0.6 is 11.8 Å². The molecule has 0 aliphatic carbocycles. The number of nitrogens with two attached hydrogens (primary N) is 1. The smallest absolute Gasteiger partial charge is 0.0961 e. The van der Waals surface area contributed by atoms with Gasteiger partial charge in [-0.2, -0.15) is 0 Å². The summed E-state index contributed by atoms with van der Waals surface area (Å²) in [5, 5.41) is 10.4. The van der Waals surface area contributed by atoms with Crippen molar-refractivity contribution in [3.63, 3.8) is 0 Å². The van der Waals surface area contributed by atoms with E-state index in [0.29, 0.717) is 5.69 Å². The molecule has 0 aliphatic rings. The maximum Gasteiger partial charge on any atom is 0.0961 e. The molecule has 0 aromatic carbocycles. The van der Waals surface area contributed by atoms with E-state index in [9.17, 15) is 5.11 Å². The first-order valence-corrected chi connectivity index (χ1v) is 5.53. The zero-order valence-corrected chi connectivity index (χ0v) is 9.34. The predicted molar refractivity (Wildman–Crippen MR) is 60.3 cm³/mol. The van der Waals surface area contributed by atoms with Crippen LogP contribution in [0.25, 0.3) is 0 Å². The van der Waals surface area contributed by atoms with E-state index in [2.05, 4.69) is 4.98 Å². The van der Waals surface area contributed by atoms with Crippen molar-refractivity contribution in [2.24, 2.45) is 0 Å². The molecule has 78 valence electrons. The number of aliphatic hydroxyl groups is 1. The Balaban J connectivity index is 2.35. The molecule has 0 aliphatic heterocycles. The molecule has 0 amide bonds. The minimum Gasteiger partial charge on any atom is -0.397 e. The van der Waals surface area contributed by atoms with Crippen molar-refractivity contribution in [1.29, 1.82) is 0 Å². The zero-order valence-electron chi connectivity index (χ0n) is 8.53. The summed E-state index contributed by atoms with van der Waals surface area (Å²) in [6.07, 6.45) is 2.40. The van der Waals surface area contributed by atoms with Crippen LogP contribution in [-0.2, 0) is 0 Å². The van der Waals surface area contributed by atoms with E-state index in [1.807, 2.05) is 26.0 Å². The maximum absolute atomic E-state index is 9.49. The van der Waals surface area contributed by atoms with Crippen LogP contribution < -0.4 is 5.73 Å². The van der Waals surface area contributed by atoms with Crippen LogP contribution in [0.15, 0.2) is 23.4 Å². The van der Waals surface area contributed by atoms with Crippen LogP contribution in [0.4, 0.5) is 5.69 Å². The highest BCUT2D eigenvalue weighted by Gasteiger charge is 2.11. The Morgan fingerprint density at radius 1 is 1.50 bits per heavy atom. The maximum atomic E-state index is 9.49. The quantitative estimate of drug-likeness (QED) is 0.749. The normalized spacial score (nSPS) is 11.6. The third kappa shape index (κ3) is 4.48. The third-order valence-electron chi connectivity index (χ3n) is 1.72. The van der Waals surface area contributed by atoms with Gasteiger partial charge in [-0.3, -0.25) is 0 Å². The average molecular weight is 212 g/mol. The summed E-state index contributed by atoms with van der Waals surface area (Å²) in [5.74, 6) is 0.862. The zero-order chi connectivity index (χ0) is 10.6. The van der Waals surface area contributed by atoms with Gasteiger partial charge in [-0.05, 0) is 32.4 Å². The molecule has 0 saturated carbocycles. The number of hydrogen-bond donors (Lipinski definition) is 2. The van der Waals surface area contributed by atoms with Crippen molar-refractivity contribution in [2.75, 3.05) is 11.5 Å².